The molecule has 0 aliphatic heterocycles. The first-order chi connectivity index (χ1) is 15.0. The van der Waals surface area contributed by atoms with Crippen LogP contribution in [-0.4, -0.2) is 47.1 Å². The van der Waals surface area contributed by atoms with Crippen LogP contribution >= 0.6 is 0 Å². The van der Waals surface area contributed by atoms with Crippen molar-refractivity contribution in [2.75, 3.05) is 5.32 Å². The number of hydrogen-bond acceptors (Lipinski definition) is 7. The van der Waals surface area contributed by atoms with Gasteiger partial charge in [0.05, 0.1) is 35.1 Å². The Balaban J connectivity index is 1.42. The predicted molar refractivity (Wildman–Crippen MR) is 109 cm³/mol. The second-order valence-electron chi connectivity index (χ2n) is 7.85. The Labute approximate surface area is 176 Å². The molecule has 0 spiro atoms. The molecule has 1 aliphatic carbocycles. The monoisotopic (exact) mass is 428 g/mol. The van der Waals surface area contributed by atoms with E-state index in [1.165, 1.54) is 6.33 Å². The molecule has 4 aromatic rings. The van der Waals surface area contributed by atoms with Crippen LogP contribution in [-0.2, 0) is 4.74 Å². The highest BCUT2D eigenvalue weighted by Crippen LogP contribution is 2.33. The summed E-state index contributed by atoms with van der Waals surface area (Å²) < 4.78 is 33.3. The van der Waals surface area contributed by atoms with Crippen molar-refractivity contribution in [2.24, 2.45) is 0 Å². The third-order valence-corrected chi connectivity index (χ3v) is 5.79. The first kappa shape index (κ1) is 19.7. The molecule has 4 aromatic heterocycles. The van der Waals surface area contributed by atoms with E-state index in [4.69, 9.17) is 4.98 Å². The number of rotatable bonds is 5. The fourth-order valence-electron chi connectivity index (χ4n) is 4.16. The SMILES string of the molecule is Cc1cc2ncnn2cc1Nc1ncc2c(C)nn(C3CCC(OC(F)F)CC3)c2n1. The molecule has 5 rings (SSSR count). The number of alkyl halides is 2. The molecule has 162 valence electrons. The molecule has 0 saturated heterocycles. The highest BCUT2D eigenvalue weighted by Gasteiger charge is 2.27. The third kappa shape index (κ3) is 3.80. The molecule has 1 fully saturated rings. The Morgan fingerprint density at radius 2 is 1.97 bits per heavy atom. The van der Waals surface area contributed by atoms with E-state index >= 15 is 0 Å². The highest BCUT2D eigenvalue weighted by molar-refractivity contribution is 5.79. The minimum Gasteiger partial charge on any atom is -0.323 e. The quantitative estimate of drug-likeness (QED) is 0.514. The van der Waals surface area contributed by atoms with E-state index in [1.807, 2.05) is 30.8 Å². The molecule has 0 unspecified atom stereocenters. The number of aryl methyl sites for hydroxylation is 2. The third-order valence-electron chi connectivity index (χ3n) is 5.79. The van der Waals surface area contributed by atoms with Crippen LogP contribution < -0.4 is 5.32 Å². The van der Waals surface area contributed by atoms with Crippen LogP contribution in [0.5, 0.6) is 0 Å². The van der Waals surface area contributed by atoms with E-state index in [-0.39, 0.29) is 6.04 Å². The Hall–Kier alpha value is -3.21. The number of aromatic nitrogens is 7. The van der Waals surface area contributed by atoms with Gasteiger partial charge >= 0.3 is 6.61 Å². The van der Waals surface area contributed by atoms with E-state index in [2.05, 4.69) is 30.2 Å². The number of anilines is 2. The van der Waals surface area contributed by atoms with Gasteiger partial charge < -0.3 is 10.1 Å². The van der Waals surface area contributed by atoms with Crippen molar-refractivity contribution >= 4 is 28.3 Å². The second kappa shape index (κ2) is 7.80. The van der Waals surface area contributed by atoms with Crippen LogP contribution in [0.1, 0.15) is 43.0 Å². The van der Waals surface area contributed by atoms with Crippen LogP contribution in [0.15, 0.2) is 24.8 Å². The summed E-state index contributed by atoms with van der Waals surface area (Å²) in [5.74, 6) is 0.450. The lowest BCUT2D eigenvalue weighted by Gasteiger charge is -2.28. The number of pyridine rings is 1. The first-order valence-corrected chi connectivity index (χ1v) is 10.2. The molecule has 0 amide bonds. The molecule has 0 aromatic carbocycles. The van der Waals surface area contributed by atoms with Gasteiger partial charge in [0.25, 0.3) is 0 Å². The summed E-state index contributed by atoms with van der Waals surface area (Å²) in [6.45, 7) is 1.17. The summed E-state index contributed by atoms with van der Waals surface area (Å²) >= 11 is 0. The van der Waals surface area contributed by atoms with Crippen LogP contribution in [0.4, 0.5) is 20.4 Å². The number of halogens is 2. The Bertz CT molecular complexity index is 1230. The summed E-state index contributed by atoms with van der Waals surface area (Å²) in [4.78, 5) is 13.4. The van der Waals surface area contributed by atoms with Crippen LogP contribution in [0, 0.1) is 13.8 Å². The van der Waals surface area contributed by atoms with E-state index in [0.717, 1.165) is 33.6 Å². The van der Waals surface area contributed by atoms with Gasteiger partial charge in [-0.05, 0) is 51.2 Å². The number of nitrogens with zero attached hydrogens (tertiary/aromatic N) is 7. The molecule has 1 aliphatic rings. The zero-order chi connectivity index (χ0) is 21.5. The largest absolute Gasteiger partial charge is 0.345 e. The minimum absolute atomic E-state index is 0.0877. The Morgan fingerprint density at radius 3 is 2.74 bits per heavy atom. The standard InChI is InChI=1S/C20H22F2N8O/c1-11-7-17-24-10-25-29(17)9-16(11)26-20-23-8-15-12(2)28-30(18(15)27-20)13-3-5-14(6-4-13)31-19(21)22/h7-10,13-14,19H,3-6H2,1-2H3,(H,23,26,27). The summed E-state index contributed by atoms with van der Waals surface area (Å²) in [6.07, 6.45) is 7.27. The lowest BCUT2D eigenvalue weighted by Crippen LogP contribution is -2.26. The summed E-state index contributed by atoms with van der Waals surface area (Å²) in [5.41, 5.74) is 4.15. The van der Waals surface area contributed by atoms with Crippen molar-refractivity contribution < 1.29 is 13.5 Å². The van der Waals surface area contributed by atoms with Crippen molar-refractivity contribution in [3.05, 3.63) is 36.0 Å². The maximum Gasteiger partial charge on any atom is 0.345 e. The zero-order valence-corrected chi connectivity index (χ0v) is 17.2. The Kier molecular flexibility index (Phi) is 4.97. The van der Waals surface area contributed by atoms with E-state index in [0.29, 0.717) is 31.6 Å². The van der Waals surface area contributed by atoms with Crippen molar-refractivity contribution in [1.82, 2.24) is 34.3 Å². The van der Waals surface area contributed by atoms with Gasteiger partial charge in [0, 0.05) is 6.20 Å². The van der Waals surface area contributed by atoms with Gasteiger partial charge in [-0.2, -0.15) is 24.0 Å². The molecular weight excluding hydrogens is 406 g/mol. The molecular formula is C20H22F2N8O. The zero-order valence-electron chi connectivity index (χ0n) is 17.2. The normalized spacial score (nSPS) is 19.5. The van der Waals surface area contributed by atoms with Gasteiger partial charge in [-0.1, -0.05) is 0 Å². The fourth-order valence-corrected chi connectivity index (χ4v) is 4.16. The molecule has 11 heteroatoms. The van der Waals surface area contributed by atoms with Gasteiger partial charge in [-0.3, -0.25) is 0 Å². The number of nitrogens with one attached hydrogen (secondary N) is 1. The molecule has 0 bridgehead atoms. The highest BCUT2D eigenvalue weighted by atomic mass is 19.3. The lowest BCUT2D eigenvalue weighted by atomic mass is 9.93. The van der Waals surface area contributed by atoms with Crippen molar-refractivity contribution in [1.29, 1.82) is 0 Å². The maximum absolute atomic E-state index is 12.5. The van der Waals surface area contributed by atoms with E-state index in [1.54, 1.807) is 10.7 Å². The second-order valence-corrected chi connectivity index (χ2v) is 7.85. The van der Waals surface area contributed by atoms with Gasteiger partial charge in [-0.25, -0.2) is 19.2 Å². The van der Waals surface area contributed by atoms with Crippen molar-refractivity contribution in [2.45, 2.75) is 58.3 Å². The maximum atomic E-state index is 12.5. The first-order valence-electron chi connectivity index (χ1n) is 10.2. The predicted octanol–water partition coefficient (Wildman–Crippen LogP) is 3.95. The average molecular weight is 428 g/mol. The average Bonchev–Trinajstić information content (AvgIpc) is 3.32. The summed E-state index contributed by atoms with van der Waals surface area (Å²) in [5, 5.41) is 13.0. The molecule has 9 nitrogen and oxygen atoms in total. The lowest BCUT2D eigenvalue weighted by molar-refractivity contribution is -0.171. The molecule has 1 saturated carbocycles. The smallest absolute Gasteiger partial charge is 0.323 e. The van der Waals surface area contributed by atoms with Gasteiger partial charge in [-0.15, -0.1) is 0 Å². The molecule has 1 N–H and O–H groups in total. The number of fused-ring (bicyclic) bond motifs is 2. The van der Waals surface area contributed by atoms with Crippen molar-refractivity contribution in [3.63, 3.8) is 0 Å². The fraction of sp³-hybridized carbons (Fsp3) is 0.450. The van der Waals surface area contributed by atoms with Crippen LogP contribution in [0.2, 0.25) is 0 Å². The molecule has 31 heavy (non-hydrogen) atoms. The van der Waals surface area contributed by atoms with Gasteiger partial charge in [0.2, 0.25) is 5.95 Å². The van der Waals surface area contributed by atoms with E-state index < -0.39 is 12.7 Å². The number of hydrogen-bond donors (Lipinski definition) is 1. The van der Waals surface area contributed by atoms with E-state index in [9.17, 15) is 8.78 Å². The van der Waals surface area contributed by atoms with Gasteiger partial charge in [0.15, 0.2) is 11.3 Å². The Morgan fingerprint density at radius 1 is 1.16 bits per heavy atom. The molecule has 0 radical (unpaired) electrons. The van der Waals surface area contributed by atoms with Crippen molar-refractivity contribution in [3.8, 4) is 0 Å². The molecule has 0 atom stereocenters. The molecule has 4 heterocycles. The van der Waals surface area contributed by atoms with Crippen LogP contribution in [0.25, 0.3) is 16.7 Å². The van der Waals surface area contributed by atoms with Gasteiger partial charge in [0.1, 0.15) is 6.33 Å². The summed E-state index contributed by atoms with van der Waals surface area (Å²) in [6, 6.07) is 2.02. The van der Waals surface area contributed by atoms with Crippen LogP contribution in [0.3, 0.4) is 0 Å². The number of ether oxygens (including phenoxy) is 1. The topological polar surface area (TPSA) is 95.1 Å². The summed E-state index contributed by atoms with van der Waals surface area (Å²) in [7, 11) is 0. The minimum atomic E-state index is -2.73.